The van der Waals surface area contributed by atoms with Crippen LogP contribution in [0.4, 0.5) is 0 Å². The van der Waals surface area contributed by atoms with Crippen LogP contribution in [0.1, 0.15) is 17.7 Å². The van der Waals surface area contributed by atoms with E-state index in [1.807, 2.05) is 55.5 Å². The maximum absolute atomic E-state index is 12.6. The number of ether oxygens (including phenoxy) is 1. The van der Waals surface area contributed by atoms with Crippen LogP contribution in [-0.4, -0.2) is 41.5 Å². The SMILES string of the molecule is CCOc1ccc2nc(S[C@H](C(=O)N(C)C)c3ccccc3)[nH]c2c1. The largest absolute Gasteiger partial charge is 0.494 e. The molecule has 1 N–H and O–H groups in total. The minimum Gasteiger partial charge on any atom is -0.494 e. The van der Waals surface area contributed by atoms with Crippen LogP contribution in [0.5, 0.6) is 5.75 Å². The third kappa shape index (κ3) is 3.96. The molecule has 0 aliphatic carbocycles. The van der Waals surface area contributed by atoms with E-state index in [-0.39, 0.29) is 11.2 Å². The maximum Gasteiger partial charge on any atom is 0.240 e. The van der Waals surface area contributed by atoms with E-state index >= 15 is 0 Å². The lowest BCUT2D eigenvalue weighted by Crippen LogP contribution is -2.26. The first-order valence-electron chi connectivity index (χ1n) is 8.14. The molecule has 0 unspecified atom stereocenters. The number of aromatic nitrogens is 2. The second-order valence-corrected chi connectivity index (χ2v) is 6.89. The van der Waals surface area contributed by atoms with Crippen LogP contribution in [0.3, 0.4) is 0 Å². The smallest absolute Gasteiger partial charge is 0.240 e. The number of carbonyl (C=O) groups is 1. The Bertz CT molecular complexity index is 861. The Morgan fingerprint density at radius 3 is 2.68 bits per heavy atom. The number of nitrogens with zero attached hydrogens (tertiary/aromatic N) is 2. The summed E-state index contributed by atoms with van der Waals surface area (Å²) < 4.78 is 5.53. The predicted octanol–water partition coefficient (Wildman–Crippen LogP) is 3.88. The number of hydrogen-bond acceptors (Lipinski definition) is 4. The van der Waals surface area contributed by atoms with Gasteiger partial charge in [0.1, 0.15) is 11.0 Å². The standard InChI is InChI=1S/C19H21N3O2S/c1-4-24-14-10-11-15-16(12-14)21-19(20-15)25-17(18(23)22(2)3)13-8-6-5-7-9-13/h5-12,17H,4H2,1-3H3,(H,20,21)/t17-/m0/s1. The highest BCUT2D eigenvalue weighted by Crippen LogP contribution is 2.36. The van der Waals surface area contributed by atoms with E-state index < -0.39 is 0 Å². The number of fused-ring (bicyclic) bond motifs is 1. The summed E-state index contributed by atoms with van der Waals surface area (Å²) in [7, 11) is 3.54. The average Bonchev–Trinajstić information content (AvgIpc) is 3.02. The zero-order valence-corrected chi connectivity index (χ0v) is 15.3. The van der Waals surface area contributed by atoms with Crippen molar-refractivity contribution >= 4 is 28.7 Å². The summed E-state index contributed by atoms with van der Waals surface area (Å²) in [6, 6.07) is 15.5. The molecular weight excluding hydrogens is 334 g/mol. The number of likely N-dealkylation sites (N-methyl/N-ethyl adjacent to an activating group) is 1. The van der Waals surface area contributed by atoms with Gasteiger partial charge in [0.15, 0.2) is 5.16 Å². The molecule has 1 amide bonds. The third-order valence-electron chi connectivity index (χ3n) is 3.74. The molecule has 0 saturated heterocycles. The number of benzene rings is 2. The van der Waals surface area contributed by atoms with Crippen LogP contribution < -0.4 is 4.74 Å². The van der Waals surface area contributed by atoms with Gasteiger partial charge in [0.05, 0.1) is 17.6 Å². The van der Waals surface area contributed by atoms with Gasteiger partial charge in [-0.1, -0.05) is 42.1 Å². The van der Waals surface area contributed by atoms with Crippen LogP contribution in [-0.2, 0) is 4.79 Å². The molecule has 3 rings (SSSR count). The topological polar surface area (TPSA) is 58.2 Å². The summed E-state index contributed by atoms with van der Waals surface area (Å²) >= 11 is 1.42. The van der Waals surface area contributed by atoms with E-state index in [2.05, 4.69) is 9.97 Å². The van der Waals surface area contributed by atoms with Crippen molar-refractivity contribution < 1.29 is 9.53 Å². The maximum atomic E-state index is 12.6. The number of carbonyl (C=O) groups excluding carboxylic acids is 1. The lowest BCUT2D eigenvalue weighted by Gasteiger charge is -2.19. The molecule has 2 aromatic carbocycles. The Morgan fingerprint density at radius 2 is 2.00 bits per heavy atom. The number of hydrogen-bond donors (Lipinski definition) is 1. The van der Waals surface area contributed by atoms with Crippen LogP contribution in [0, 0.1) is 0 Å². The van der Waals surface area contributed by atoms with Crippen molar-refractivity contribution in [2.75, 3.05) is 20.7 Å². The lowest BCUT2D eigenvalue weighted by atomic mass is 10.1. The van der Waals surface area contributed by atoms with E-state index in [0.29, 0.717) is 11.8 Å². The summed E-state index contributed by atoms with van der Waals surface area (Å²) in [4.78, 5) is 22.1. The number of H-pyrrole nitrogens is 1. The molecule has 3 aromatic rings. The van der Waals surface area contributed by atoms with Crippen molar-refractivity contribution in [3.63, 3.8) is 0 Å². The molecule has 0 aliphatic rings. The molecule has 0 bridgehead atoms. The molecule has 1 atom stereocenters. The molecule has 1 aromatic heterocycles. The van der Waals surface area contributed by atoms with Gasteiger partial charge in [-0.15, -0.1) is 0 Å². The van der Waals surface area contributed by atoms with Gasteiger partial charge in [-0.25, -0.2) is 4.98 Å². The summed E-state index contributed by atoms with van der Waals surface area (Å²) in [6.45, 7) is 2.57. The highest BCUT2D eigenvalue weighted by Gasteiger charge is 2.25. The van der Waals surface area contributed by atoms with Crippen LogP contribution in [0.2, 0.25) is 0 Å². The quantitative estimate of drug-likeness (QED) is 0.682. The summed E-state index contributed by atoms with van der Waals surface area (Å²) in [5.41, 5.74) is 2.72. The number of nitrogens with one attached hydrogen (secondary N) is 1. The molecule has 0 aliphatic heterocycles. The fraction of sp³-hybridized carbons (Fsp3) is 0.263. The third-order valence-corrected chi connectivity index (χ3v) is 4.87. The first kappa shape index (κ1) is 17.4. The minimum atomic E-state index is -0.344. The number of amides is 1. The normalized spacial score (nSPS) is 12.1. The molecule has 6 heteroatoms. The highest BCUT2D eigenvalue weighted by molar-refractivity contribution is 8.00. The zero-order valence-electron chi connectivity index (χ0n) is 14.5. The molecule has 25 heavy (non-hydrogen) atoms. The van der Waals surface area contributed by atoms with Gasteiger partial charge in [-0.2, -0.15) is 0 Å². The number of imidazole rings is 1. The van der Waals surface area contributed by atoms with Crippen LogP contribution >= 0.6 is 11.8 Å². The van der Waals surface area contributed by atoms with E-state index in [1.165, 1.54) is 11.8 Å². The van der Waals surface area contributed by atoms with Crippen molar-refractivity contribution in [3.8, 4) is 5.75 Å². The molecule has 0 radical (unpaired) electrons. The first-order valence-corrected chi connectivity index (χ1v) is 9.01. The first-order chi connectivity index (χ1) is 12.1. The second-order valence-electron chi connectivity index (χ2n) is 5.80. The predicted molar refractivity (Wildman–Crippen MR) is 101 cm³/mol. The van der Waals surface area contributed by atoms with Crippen molar-refractivity contribution in [2.24, 2.45) is 0 Å². The Kier molecular flexibility index (Phi) is 5.28. The van der Waals surface area contributed by atoms with Crippen LogP contribution in [0.25, 0.3) is 11.0 Å². The van der Waals surface area contributed by atoms with Gasteiger partial charge in [-0.3, -0.25) is 4.79 Å². The Balaban J connectivity index is 1.91. The molecule has 0 spiro atoms. The van der Waals surface area contributed by atoms with Crippen molar-refractivity contribution in [1.82, 2.24) is 14.9 Å². The summed E-state index contributed by atoms with van der Waals surface area (Å²) in [5, 5.41) is 0.371. The van der Waals surface area contributed by atoms with Gasteiger partial charge in [0.25, 0.3) is 0 Å². The number of aromatic amines is 1. The van der Waals surface area contributed by atoms with Gasteiger partial charge in [-0.05, 0) is 24.6 Å². The van der Waals surface area contributed by atoms with E-state index in [0.717, 1.165) is 22.3 Å². The number of thioether (sulfide) groups is 1. The Labute approximate surface area is 151 Å². The molecule has 5 nitrogen and oxygen atoms in total. The van der Waals surface area contributed by atoms with Crippen LogP contribution in [0.15, 0.2) is 53.7 Å². The summed E-state index contributed by atoms with van der Waals surface area (Å²) in [5.74, 6) is 0.839. The minimum absolute atomic E-state index is 0.0339. The highest BCUT2D eigenvalue weighted by atomic mass is 32.2. The zero-order chi connectivity index (χ0) is 17.8. The Hall–Kier alpha value is -2.47. The van der Waals surface area contributed by atoms with Gasteiger partial charge >= 0.3 is 0 Å². The molecule has 0 fully saturated rings. The van der Waals surface area contributed by atoms with E-state index in [9.17, 15) is 4.79 Å². The molecule has 130 valence electrons. The van der Waals surface area contributed by atoms with Crippen molar-refractivity contribution in [1.29, 1.82) is 0 Å². The van der Waals surface area contributed by atoms with E-state index in [1.54, 1.807) is 19.0 Å². The fourth-order valence-electron chi connectivity index (χ4n) is 2.51. The summed E-state index contributed by atoms with van der Waals surface area (Å²) in [6.07, 6.45) is 0. The second kappa shape index (κ2) is 7.61. The average molecular weight is 355 g/mol. The van der Waals surface area contributed by atoms with Gasteiger partial charge in [0, 0.05) is 20.2 Å². The number of rotatable bonds is 6. The fourth-order valence-corrected chi connectivity index (χ4v) is 3.66. The molecule has 1 heterocycles. The Morgan fingerprint density at radius 1 is 1.24 bits per heavy atom. The van der Waals surface area contributed by atoms with Crippen molar-refractivity contribution in [3.05, 3.63) is 54.1 Å². The van der Waals surface area contributed by atoms with E-state index in [4.69, 9.17) is 4.74 Å². The van der Waals surface area contributed by atoms with Gasteiger partial charge in [0.2, 0.25) is 5.91 Å². The van der Waals surface area contributed by atoms with Gasteiger partial charge < -0.3 is 14.6 Å². The molecule has 0 saturated carbocycles. The van der Waals surface area contributed by atoms with Crippen molar-refractivity contribution in [2.45, 2.75) is 17.3 Å². The lowest BCUT2D eigenvalue weighted by molar-refractivity contribution is -0.128. The monoisotopic (exact) mass is 355 g/mol. The molecular formula is C19H21N3O2S.